The maximum atomic E-state index is 13.1. The third kappa shape index (κ3) is 36.8. The van der Waals surface area contributed by atoms with Gasteiger partial charge in [-0.3, -0.25) is 13.8 Å². The number of allylic oxidation sites excluding steroid dienone is 7. The Kier molecular flexibility index (Phi) is 43.2. The third-order valence-corrected chi connectivity index (χ3v) is 14.6. The highest BCUT2D eigenvalue weighted by Gasteiger charge is 2.51. The molecule has 13 nitrogen and oxygen atoms in total. The summed E-state index contributed by atoms with van der Waals surface area (Å²) in [6.45, 7) is 3.76. The fourth-order valence-electron chi connectivity index (χ4n) is 8.99. The summed E-state index contributed by atoms with van der Waals surface area (Å²) in [5.41, 5.74) is 0. The van der Waals surface area contributed by atoms with Crippen molar-refractivity contribution < 1.29 is 59.0 Å². The summed E-state index contributed by atoms with van der Waals surface area (Å²) in [6, 6.07) is -1.26. The van der Waals surface area contributed by atoms with Gasteiger partial charge >= 0.3 is 7.82 Å². The topological polar surface area (TPSA) is 226 Å². The Hall–Kier alpha value is -1.74. The van der Waals surface area contributed by atoms with E-state index in [4.69, 9.17) is 9.05 Å². The van der Waals surface area contributed by atoms with Gasteiger partial charge in [-0.05, 0) is 64.2 Å². The Morgan fingerprint density at radius 3 is 1.32 bits per heavy atom. The molecule has 1 aliphatic rings. The second-order valence-corrected chi connectivity index (χ2v) is 21.7. The Morgan fingerprint density at radius 1 is 0.507 bits per heavy atom. The van der Waals surface area contributed by atoms with Crippen LogP contribution in [0, 0.1) is 0 Å². The molecular weight excluding hydrogens is 922 g/mol. The molecule has 14 heteroatoms. The van der Waals surface area contributed by atoms with Crippen molar-refractivity contribution in [3.05, 3.63) is 48.6 Å². The van der Waals surface area contributed by atoms with Gasteiger partial charge in [0.25, 0.3) is 0 Å². The summed E-state index contributed by atoms with van der Waals surface area (Å²) in [4.78, 5) is 23.6. The van der Waals surface area contributed by atoms with Gasteiger partial charge < -0.3 is 46.0 Å². The second-order valence-electron chi connectivity index (χ2n) is 20.3. The molecule has 1 saturated carbocycles. The smallest absolute Gasteiger partial charge is 0.393 e. The van der Waals surface area contributed by atoms with Crippen molar-refractivity contribution in [2.75, 3.05) is 6.61 Å². The largest absolute Gasteiger partial charge is 0.472 e. The van der Waals surface area contributed by atoms with Gasteiger partial charge in [0.2, 0.25) is 5.91 Å². The number of unbranched alkanes of at least 4 members (excludes halogenated alkanes) is 29. The van der Waals surface area contributed by atoms with E-state index in [2.05, 4.69) is 55.6 Å². The first-order valence-electron chi connectivity index (χ1n) is 28.7. The monoisotopic (exact) mass is 1030 g/mol. The normalized spacial score (nSPS) is 22.0. The van der Waals surface area contributed by atoms with E-state index in [9.17, 15) is 50.0 Å². The highest BCUT2D eigenvalue weighted by atomic mass is 31.2. The average molecular weight is 1030 g/mol. The van der Waals surface area contributed by atoms with E-state index in [1.54, 1.807) is 6.08 Å². The molecule has 0 radical (unpaired) electrons. The van der Waals surface area contributed by atoms with Gasteiger partial charge in [0.1, 0.15) is 36.6 Å². The van der Waals surface area contributed by atoms with Crippen molar-refractivity contribution in [2.24, 2.45) is 0 Å². The van der Waals surface area contributed by atoms with Crippen molar-refractivity contribution in [3.8, 4) is 0 Å². The number of hydrogen-bond donors (Lipinski definition) is 9. The van der Waals surface area contributed by atoms with Crippen molar-refractivity contribution >= 4 is 13.7 Å². The molecule has 0 heterocycles. The Morgan fingerprint density at radius 2 is 0.873 bits per heavy atom. The minimum Gasteiger partial charge on any atom is -0.393 e. The van der Waals surface area contributed by atoms with Gasteiger partial charge in [-0.2, -0.15) is 0 Å². The molecule has 9 N–H and O–H groups in total. The summed E-state index contributed by atoms with van der Waals surface area (Å²) < 4.78 is 23.0. The molecule has 0 aliphatic heterocycles. The van der Waals surface area contributed by atoms with Crippen molar-refractivity contribution in [1.29, 1.82) is 0 Å². The van der Waals surface area contributed by atoms with Crippen LogP contribution in [0.4, 0.5) is 0 Å². The minimum atomic E-state index is -5.16. The maximum Gasteiger partial charge on any atom is 0.472 e. The van der Waals surface area contributed by atoms with Crippen LogP contribution in [0.25, 0.3) is 0 Å². The zero-order chi connectivity index (χ0) is 52.2. The van der Waals surface area contributed by atoms with Gasteiger partial charge in [0.05, 0.1) is 31.3 Å². The van der Waals surface area contributed by atoms with Crippen molar-refractivity contribution in [2.45, 2.75) is 300 Å². The van der Waals surface area contributed by atoms with Crippen molar-refractivity contribution in [3.63, 3.8) is 0 Å². The number of nitrogens with one attached hydrogen (secondary N) is 1. The molecule has 0 aromatic heterocycles. The molecule has 0 saturated heterocycles. The number of aliphatic hydroxyl groups excluding tert-OH is 7. The van der Waals surface area contributed by atoms with Crippen LogP contribution in [0.15, 0.2) is 48.6 Å². The molecule has 71 heavy (non-hydrogen) atoms. The molecule has 1 aliphatic carbocycles. The van der Waals surface area contributed by atoms with Crippen LogP contribution in [-0.4, -0.2) is 108 Å². The van der Waals surface area contributed by atoms with E-state index in [0.29, 0.717) is 12.8 Å². The number of hydrogen-bond acceptors (Lipinski definition) is 11. The van der Waals surface area contributed by atoms with Gasteiger partial charge in [0.15, 0.2) is 0 Å². The number of rotatable bonds is 48. The lowest BCUT2D eigenvalue weighted by Gasteiger charge is -2.41. The molecule has 0 aromatic rings. The van der Waals surface area contributed by atoms with Gasteiger partial charge in [-0.15, -0.1) is 0 Å². The molecule has 1 amide bonds. The Bertz CT molecular complexity index is 1400. The first-order chi connectivity index (χ1) is 34.3. The Labute approximate surface area is 431 Å². The fourth-order valence-corrected chi connectivity index (χ4v) is 9.96. The molecule has 0 spiro atoms. The molecule has 1 fully saturated rings. The summed E-state index contributed by atoms with van der Waals surface area (Å²) in [5, 5.41) is 74.8. The number of carbonyl (C=O) groups is 1. The molecular formula is C57H106NO12P. The fraction of sp³-hybridized carbons (Fsp3) is 0.842. The Balaban J connectivity index is 2.46. The lowest BCUT2D eigenvalue weighted by atomic mass is 9.85. The van der Waals surface area contributed by atoms with Crippen LogP contribution in [0.3, 0.4) is 0 Å². The van der Waals surface area contributed by atoms with Crippen LogP contribution >= 0.6 is 7.82 Å². The third-order valence-electron chi connectivity index (χ3n) is 13.6. The number of amides is 1. The summed E-state index contributed by atoms with van der Waals surface area (Å²) in [5.74, 6) is -0.609. The number of phosphoric acid groups is 1. The van der Waals surface area contributed by atoms with E-state index in [1.807, 2.05) is 0 Å². The lowest BCUT2D eigenvalue weighted by Crippen LogP contribution is -2.64. The molecule has 416 valence electrons. The second kappa shape index (κ2) is 45.6. The van der Waals surface area contributed by atoms with E-state index in [-0.39, 0.29) is 6.42 Å². The maximum absolute atomic E-state index is 13.1. The van der Waals surface area contributed by atoms with Crippen LogP contribution in [0.1, 0.15) is 245 Å². The van der Waals surface area contributed by atoms with E-state index >= 15 is 0 Å². The predicted octanol–water partition coefficient (Wildman–Crippen LogP) is 11.8. The molecule has 0 bridgehead atoms. The van der Waals surface area contributed by atoms with Crippen molar-refractivity contribution in [1.82, 2.24) is 5.32 Å². The number of aliphatic hydroxyl groups is 7. The standard InChI is InChI=1S/C57H106NO12P/c1-3-5-7-9-11-13-15-17-19-21-23-25-26-28-30-32-34-36-38-40-42-44-48(59)46-51(61)58-49(47-69-71(67,68)70-57-55(65)53(63)52(62)54(64)56(57)66)50(60)45-43-41-39-37-35-33-31-29-27-24-22-20-18-16-14-12-10-8-6-4-2/h23,25,28,30,35,37,43,45,48-50,52-57,59-60,62-66H,3-22,24,26-27,29,31-34,36,38-42,44,46-47H2,1-2H3,(H,58,61)(H,67,68)/b25-23-,30-28-,37-35+,45-43+. The number of carbonyl (C=O) groups excluding carboxylic acids is 1. The minimum absolute atomic E-state index is 0.263. The van der Waals surface area contributed by atoms with Crippen LogP contribution < -0.4 is 5.32 Å². The first-order valence-corrected chi connectivity index (χ1v) is 30.2. The molecule has 1 rings (SSSR count). The van der Waals surface area contributed by atoms with E-state index in [0.717, 1.165) is 70.6 Å². The SMILES string of the molecule is CCCCCCCCCCC/C=C\C/C=C\CCCCCCCC(O)CC(=O)NC(COP(=O)(O)OC1C(O)C(O)C(O)C(O)C1O)C(O)/C=C/CC/C=C/CCCCCCCCCCCCCCCC. The van der Waals surface area contributed by atoms with E-state index < -0.39 is 75.2 Å². The predicted molar refractivity (Wildman–Crippen MR) is 289 cm³/mol. The van der Waals surface area contributed by atoms with E-state index in [1.165, 1.54) is 147 Å². The van der Waals surface area contributed by atoms with Gasteiger partial charge in [0, 0.05) is 0 Å². The summed E-state index contributed by atoms with van der Waals surface area (Å²) in [7, 11) is -5.16. The highest BCUT2D eigenvalue weighted by Crippen LogP contribution is 2.47. The van der Waals surface area contributed by atoms with Crippen LogP contribution in [-0.2, 0) is 18.4 Å². The van der Waals surface area contributed by atoms with Gasteiger partial charge in [-0.1, -0.05) is 223 Å². The molecule has 8 unspecified atom stereocenters. The zero-order valence-electron chi connectivity index (χ0n) is 44.6. The highest BCUT2D eigenvalue weighted by molar-refractivity contribution is 7.47. The molecule has 8 atom stereocenters. The van der Waals surface area contributed by atoms with Crippen LogP contribution in [0.2, 0.25) is 0 Å². The molecule has 0 aromatic carbocycles. The first kappa shape index (κ1) is 67.3. The zero-order valence-corrected chi connectivity index (χ0v) is 45.5. The number of phosphoric ester groups is 1. The lowest BCUT2D eigenvalue weighted by molar-refractivity contribution is -0.220. The van der Waals surface area contributed by atoms with Crippen LogP contribution in [0.5, 0.6) is 0 Å². The van der Waals surface area contributed by atoms with Gasteiger partial charge in [-0.25, -0.2) is 4.57 Å². The quantitative estimate of drug-likeness (QED) is 0.0158. The summed E-state index contributed by atoms with van der Waals surface area (Å²) in [6.07, 6.45) is 43.4. The summed E-state index contributed by atoms with van der Waals surface area (Å²) >= 11 is 0. The average Bonchev–Trinajstić information content (AvgIpc) is 3.35.